The fraction of sp³-hybridized carbons (Fsp3) is 0.231. The zero-order valence-electron chi connectivity index (χ0n) is 19.6. The third kappa shape index (κ3) is 5.12. The fourth-order valence-corrected chi connectivity index (χ4v) is 4.53. The Morgan fingerprint density at radius 3 is 2.35 bits per heavy atom. The third-order valence-electron chi connectivity index (χ3n) is 5.42. The highest BCUT2D eigenvalue weighted by Crippen LogP contribution is 2.40. The minimum Gasteiger partial charge on any atom is -0.493 e. The average Bonchev–Trinajstić information content (AvgIpc) is 3.26. The van der Waals surface area contributed by atoms with Crippen molar-refractivity contribution in [3.63, 3.8) is 0 Å². The van der Waals surface area contributed by atoms with Gasteiger partial charge in [-0.2, -0.15) is 0 Å². The number of rotatable bonds is 9. The van der Waals surface area contributed by atoms with Gasteiger partial charge in [-0.15, -0.1) is 0 Å². The van der Waals surface area contributed by atoms with Crippen LogP contribution < -0.4 is 19.5 Å². The molecule has 0 aliphatic carbocycles. The number of nitrogens with zero attached hydrogens (tertiary/aromatic N) is 2. The van der Waals surface area contributed by atoms with Gasteiger partial charge in [0.15, 0.2) is 11.5 Å². The summed E-state index contributed by atoms with van der Waals surface area (Å²) in [6.07, 6.45) is 3.85. The van der Waals surface area contributed by atoms with Gasteiger partial charge in [-0.05, 0) is 24.6 Å². The van der Waals surface area contributed by atoms with E-state index in [0.717, 1.165) is 22.5 Å². The number of methoxy groups -OCH3 is 3. The monoisotopic (exact) mass is 477 g/mol. The number of pyridine rings is 1. The van der Waals surface area contributed by atoms with E-state index < -0.39 is 0 Å². The molecule has 7 nitrogen and oxygen atoms in total. The Kier molecular flexibility index (Phi) is 7.27. The van der Waals surface area contributed by atoms with Crippen molar-refractivity contribution in [2.75, 3.05) is 32.4 Å². The van der Waals surface area contributed by atoms with E-state index in [4.69, 9.17) is 14.2 Å². The second kappa shape index (κ2) is 10.5. The number of carbonyl (C=O) groups is 1. The molecule has 1 N–H and O–H groups in total. The Bertz CT molecular complexity index is 1280. The molecule has 2 heterocycles. The average molecular weight is 478 g/mol. The lowest BCUT2D eigenvalue weighted by molar-refractivity contribution is -0.113. The van der Waals surface area contributed by atoms with E-state index in [1.54, 1.807) is 18.3 Å². The summed E-state index contributed by atoms with van der Waals surface area (Å²) in [4.78, 5) is 17.2. The van der Waals surface area contributed by atoms with Crippen molar-refractivity contribution in [3.8, 4) is 17.2 Å². The predicted molar refractivity (Wildman–Crippen MR) is 135 cm³/mol. The van der Waals surface area contributed by atoms with Crippen molar-refractivity contribution in [2.24, 2.45) is 0 Å². The summed E-state index contributed by atoms with van der Waals surface area (Å²) in [7, 11) is 4.61. The highest BCUT2D eigenvalue weighted by atomic mass is 32.2. The molecule has 2 aromatic heterocycles. The zero-order chi connectivity index (χ0) is 24.1. The maximum Gasteiger partial charge on any atom is 0.234 e. The number of benzene rings is 2. The SMILES string of the molecule is COc1cc(NC(=O)CSc2nccc3c2ccn3Cc2ccc(C)cc2)cc(OC)c1OC. The van der Waals surface area contributed by atoms with E-state index in [9.17, 15) is 4.79 Å². The van der Waals surface area contributed by atoms with Gasteiger partial charge < -0.3 is 24.1 Å². The summed E-state index contributed by atoms with van der Waals surface area (Å²) >= 11 is 1.40. The third-order valence-corrected chi connectivity index (χ3v) is 6.43. The van der Waals surface area contributed by atoms with E-state index in [0.29, 0.717) is 22.9 Å². The van der Waals surface area contributed by atoms with Crippen molar-refractivity contribution in [1.29, 1.82) is 0 Å². The van der Waals surface area contributed by atoms with Gasteiger partial charge >= 0.3 is 0 Å². The number of anilines is 1. The zero-order valence-corrected chi connectivity index (χ0v) is 20.4. The number of amides is 1. The molecule has 0 saturated heterocycles. The van der Waals surface area contributed by atoms with Gasteiger partial charge in [0.05, 0.1) is 32.6 Å². The van der Waals surface area contributed by atoms with Crippen LogP contribution in [0.15, 0.2) is 66.0 Å². The Morgan fingerprint density at radius 1 is 1.00 bits per heavy atom. The highest BCUT2D eigenvalue weighted by molar-refractivity contribution is 8.00. The molecule has 2 aromatic carbocycles. The molecule has 8 heteroatoms. The maximum atomic E-state index is 12.7. The minimum atomic E-state index is -0.155. The number of aryl methyl sites for hydroxylation is 1. The van der Waals surface area contributed by atoms with Crippen molar-refractivity contribution in [3.05, 3.63) is 72.1 Å². The second-order valence-electron chi connectivity index (χ2n) is 7.73. The lowest BCUT2D eigenvalue weighted by Crippen LogP contribution is -2.14. The van der Waals surface area contributed by atoms with Gasteiger partial charge in [0.25, 0.3) is 0 Å². The maximum absolute atomic E-state index is 12.7. The number of hydrogen-bond donors (Lipinski definition) is 1. The topological polar surface area (TPSA) is 74.6 Å². The van der Waals surface area contributed by atoms with Crippen LogP contribution >= 0.6 is 11.8 Å². The van der Waals surface area contributed by atoms with Crippen molar-refractivity contribution >= 4 is 34.3 Å². The summed E-state index contributed by atoms with van der Waals surface area (Å²) in [6, 6.07) is 16.0. The first-order chi connectivity index (χ1) is 16.5. The molecule has 0 radical (unpaired) electrons. The van der Waals surface area contributed by atoms with Gasteiger partial charge in [-0.1, -0.05) is 41.6 Å². The summed E-state index contributed by atoms with van der Waals surface area (Å²) in [5.74, 6) is 1.49. The van der Waals surface area contributed by atoms with Crippen molar-refractivity contribution < 1.29 is 19.0 Å². The number of thioether (sulfide) groups is 1. The quantitative estimate of drug-likeness (QED) is 0.336. The minimum absolute atomic E-state index is 0.155. The van der Waals surface area contributed by atoms with Crippen LogP contribution in [-0.4, -0.2) is 42.5 Å². The van der Waals surface area contributed by atoms with Crippen LogP contribution in [0.2, 0.25) is 0 Å². The van der Waals surface area contributed by atoms with Gasteiger partial charge in [0.1, 0.15) is 5.03 Å². The molecule has 176 valence electrons. The van der Waals surface area contributed by atoms with E-state index in [1.165, 1.54) is 44.2 Å². The molecule has 0 fully saturated rings. The molecule has 0 bridgehead atoms. The Morgan fingerprint density at radius 2 is 1.71 bits per heavy atom. The van der Waals surface area contributed by atoms with Crippen LogP contribution in [0.1, 0.15) is 11.1 Å². The molecule has 0 spiro atoms. The standard InChI is InChI=1S/C26H27N3O4S/c1-17-5-7-18(8-6-17)15-29-12-10-20-21(29)9-11-27-26(20)34-16-24(30)28-19-13-22(31-2)25(33-4)23(14-19)32-3/h5-14H,15-16H2,1-4H3,(H,28,30). The smallest absolute Gasteiger partial charge is 0.234 e. The molecule has 4 aromatic rings. The number of hydrogen-bond acceptors (Lipinski definition) is 6. The van der Waals surface area contributed by atoms with E-state index in [1.807, 2.05) is 6.07 Å². The number of aromatic nitrogens is 2. The molecule has 1 amide bonds. The van der Waals surface area contributed by atoms with E-state index >= 15 is 0 Å². The van der Waals surface area contributed by atoms with Crippen LogP contribution in [0.5, 0.6) is 17.2 Å². The van der Waals surface area contributed by atoms with Crippen molar-refractivity contribution in [1.82, 2.24) is 9.55 Å². The summed E-state index contributed by atoms with van der Waals surface area (Å²) < 4.78 is 18.2. The highest BCUT2D eigenvalue weighted by Gasteiger charge is 2.15. The molecular formula is C26H27N3O4S. The fourth-order valence-electron chi connectivity index (χ4n) is 3.72. The largest absolute Gasteiger partial charge is 0.493 e. The number of nitrogens with one attached hydrogen (secondary N) is 1. The molecular weight excluding hydrogens is 450 g/mol. The van der Waals surface area contributed by atoms with Crippen LogP contribution in [-0.2, 0) is 11.3 Å². The van der Waals surface area contributed by atoms with Crippen molar-refractivity contribution in [2.45, 2.75) is 18.5 Å². The first-order valence-corrected chi connectivity index (χ1v) is 11.7. The second-order valence-corrected chi connectivity index (χ2v) is 8.69. The molecule has 34 heavy (non-hydrogen) atoms. The molecule has 0 aliphatic rings. The van der Waals surface area contributed by atoms with Crippen LogP contribution in [0, 0.1) is 6.92 Å². The lowest BCUT2D eigenvalue weighted by Gasteiger charge is -2.14. The molecule has 0 atom stereocenters. The van der Waals surface area contributed by atoms with Gasteiger partial charge in [0, 0.05) is 42.1 Å². The van der Waals surface area contributed by atoms with Crippen LogP contribution in [0.4, 0.5) is 5.69 Å². The van der Waals surface area contributed by atoms with Gasteiger partial charge in [-0.25, -0.2) is 4.98 Å². The Balaban J connectivity index is 1.46. The predicted octanol–water partition coefficient (Wildman–Crippen LogP) is 5.15. The summed E-state index contributed by atoms with van der Waals surface area (Å²) in [5, 5.41) is 4.74. The van der Waals surface area contributed by atoms with Crippen LogP contribution in [0.3, 0.4) is 0 Å². The van der Waals surface area contributed by atoms with Crippen LogP contribution in [0.25, 0.3) is 10.9 Å². The first-order valence-electron chi connectivity index (χ1n) is 10.7. The number of ether oxygens (including phenoxy) is 3. The van der Waals surface area contributed by atoms with E-state index in [-0.39, 0.29) is 11.7 Å². The summed E-state index contributed by atoms with van der Waals surface area (Å²) in [5.41, 5.74) is 4.13. The van der Waals surface area contributed by atoms with E-state index in [2.05, 4.69) is 58.3 Å². The Labute approximate surface area is 203 Å². The lowest BCUT2D eigenvalue weighted by atomic mass is 10.1. The Hall–Kier alpha value is -3.65. The molecule has 0 aliphatic heterocycles. The normalized spacial score (nSPS) is 10.8. The number of fused-ring (bicyclic) bond motifs is 1. The molecule has 0 unspecified atom stereocenters. The summed E-state index contributed by atoms with van der Waals surface area (Å²) in [6.45, 7) is 2.86. The van der Waals surface area contributed by atoms with Gasteiger partial charge in [0.2, 0.25) is 11.7 Å². The van der Waals surface area contributed by atoms with Gasteiger partial charge in [-0.3, -0.25) is 4.79 Å². The number of carbonyl (C=O) groups excluding carboxylic acids is 1. The first kappa shape index (κ1) is 23.5. The molecule has 0 saturated carbocycles. The molecule has 4 rings (SSSR count).